The van der Waals surface area contributed by atoms with Crippen molar-refractivity contribution in [2.24, 2.45) is 11.5 Å². The molecule has 1 aliphatic rings. The number of nitrogens with one attached hydrogen (secondary N) is 12. The number of amides is 10. The number of aliphatic carboxylic acids is 2. The summed E-state index contributed by atoms with van der Waals surface area (Å²) in [5, 5.41) is 80.5. The number of H-pyrrole nitrogens is 1. The number of nitrogens with two attached hydrogens (primary N) is 2. The van der Waals surface area contributed by atoms with Crippen LogP contribution >= 0.6 is 21.6 Å². The highest BCUT2D eigenvalue weighted by atomic mass is 33.1. The van der Waals surface area contributed by atoms with Crippen molar-refractivity contribution in [1.82, 2.24) is 63.5 Å². The van der Waals surface area contributed by atoms with Gasteiger partial charge in [0, 0.05) is 80.2 Å². The molecule has 10 amide bonds. The average Bonchev–Trinajstić information content (AvgIpc) is 1.60. The van der Waals surface area contributed by atoms with E-state index in [1.165, 1.54) is 6.92 Å². The lowest BCUT2D eigenvalue weighted by atomic mass is 9.99. The highest BCUT2D eigenvalue weighted by Crippen LogP contribution is 2.24. The van der Waals surface area contributed by atoms with E-state index in [1.54, 1.807) is 121 Å². The predicted octanol–water partition coefficient (Wildman–Crippen LogP) is -0.192. The van der Waals surface area contributed by atoms with E-state index in [1.807, 2.05) is 38.1 Å². The van der Waals surface area contributed by atoms with Gasteiger partial charge in [-0.2, -0.15) is 0 Å². The van der Waals surface area contributed by atoms with E-state index >= 15 is 19.2 Å². The molecule has 31 nitrogen and oxygen atoms in total. The van der Waals surface area contributed by atoms with Gasteiger partial charge in [0.25, 0.3) is 5.97 Å². The van der Waals surface area contributed by atoms with Gasteiger partial charge in [0.1, 0.15) is 60.4 Å². The number of hydrogen-bond acceptors (Lipinski definition) is 20. The molecule has 33 heteroatoms. The maximum atomic E-state index is 15.5. The fourth-order valence-electron chi connectivity index (χ4n) is 11.4. The van der Waals surface area contributed by atoms with Crippen LogP contribution in [-0.2, 0) is 96.2 Å². The first kappa shape index (κ1) is 87.6. The molecule has 109 heavy (non-hydrogen) atoms. The molecular weight excluding hydrogens is 1450 g/mol. The quantitative estimate of drug-likeness (QED) is 0.0328. The van der Waals surface area contributed by atoms with Crippen LogP contribution in [0.1, 0.15) is 87.3 Å². The minimum atomic E-state index is -1.91. The molecule has 1 fully saturated rings. The van der Waals surface area contributed by atoms with Crippen molar-refractivity contribution in [3.63, 3.8) is 0 Å². The number of carboxylic acids is 2. The summed E-state index contributed by atoms with van der Waals surface area (Å²) < 4.78 is 0. The monoisotopic (exact) mass is 1540 g/mol. The molecule has 21 N–H and O–H groups in total. The number of aromatic nitrogens is 1. The molecule has 1 aromatic heterocycles. The fourth-order valence-corrected chi connectivity index (χ4v) is 13.7. The molecule has 0 bridgehead atoms. The van der Waals surface area contributed by atoms with Gasteiger partial charge in [-0.15, -0.1) is 0 Å². The summed E-state index contributed by atoms with van der Waals surface area (Å²) in [5.74, 6) is -12.8. The summed E-state index contributed by atoms with van der Waals surface area (Å²) in [6.07, 6.45) is -2.02. The molecule has 2 heterocycles. The number of aliphatic hydroxyl groups is 3. The standard InChI is InChI=1S/C74H96N14O15S2.C2H4O2/c1-42(2)77-37-49-29-27-48(28-30-49)35-57-69(97)87-62(43(3)90)72(100)84-58(34-47-22-12-7-13-23-47)70(98)88-63(44(4)91)73(101)85-60(39-89)71(99)86-61(74(102)103)41-105-104-40-52(76)64(92)79-54(26-16-17-31-75)65(93)80-55(32-45-18-8-5-9-19-45)66(94)81-56(33-46-20-10-6-11-21-46)67(95)83-59(68(96)82-57)36-50-38-78-53-25-15-14-24-51(50)53;1-2(3)4/h5-15,18-25,27-30,38,42-44,52,54-63,77-78,89-91H,16-17,26,31-37,39-41,75-76H2,1-4H3,(H,79,92)(H,80,93)(H,81,94)(H,82,96)(H,83,95)(H,84,100)(H,85,101)(H,86,99)(H,87,97)(H,88,98)(H,102,103);1H3,(H,3,4)/t43-,44-,52+,54?,55+,56?,57?,58?,59-,60?,61+,62?,63+;/m1./s1. The van der Waals surface area contributed by atoms with Crippen molar-refractivity contribution in [1.29, 1.82) is 0 Å². The maximum absolute atomic E-state index is 15.5. The van der Waals surface area contributed by atoms with Gasteiger partial charge in [-0.3, -0.25) is 52.7 Å². The van der Waals surface area contributed by atoms with Gasteiger partial charge in [0.2, 0.25) is 59.1 Å². The summed E-state index contributed by atoms with van der Waals surface area (Å²) in [7, 11) is 1.84. The minimum Gasteiger partial charge on any atom is -0.481 e. The van der Waals surface area contributed by atoms with Gasteiger partial charge in [-0.05, 0) is 79.1 Å². The molecular formula is C76H100N14O17S2. The third kappa shape index (κ3) is 29.3. The van der Waals surface area contributed by atoms with Gasteiger partial charge >= 0.3 is 5.97 Å². The Morgan fingerprint density at radius 3 is 1.26 bits per heavy atom. The molecule has 5 aromatic carbocycles. The van der Waals surface area contributed by atoms with Gasteiger partial charge < -0.3 is 100 Å². The molecule has 7 rings (SSSR count). The normalized spacial score (nSPS) is 23.1. The van der Waals surface area contributed by atoms with E-state index in [0.717, 1.165) is 41.0 Å². The number of rotatable bonds is 21. The van der Waals surface area contributed by atoms with E-state index < -0.39 is 156 Å². The second-order valence-corrected chi connectivity index (χ2v) is 29.2. The number of carbonyl (C=O) groups is 12. The first-order valence-corrected chi connectivity index (χ1v) is 38.1. The highest BCUT2D eigenvalue weighted by molar-refractivity contribution is 8.76. The molecule has 0 radical (unpaired) electrons. The van der Waals surface area contributed by atoms with Gasteiger partial charge in [-0.1, -0.05) is 169 Å². The van der Waals surface area contributed by atoms with Crippen molar-refractivity contribution in [2.45, 2.75) is 177 Å². The van der Waals surface area contributed by atoms with E-state index in [9.17, 15) is 54.0 Å². The number of aromatic amines is 1. The SMILES string of the molecule is CC(=O)O.CC(C)NCc1ccc(CC2NC(=O)[C@@H](Cc3c[nH]c4ccccc34)NC(=O)C(Cc3ccccc3)NC(=O)[C@H](Cc3ccccc3)NC(=O)C(CCCCN)NC(=O)[C@@H](N)CSSC[C@@H](C(=O)O)NC(=O)C(CO)NC(=O)[C@H]([C@@H](C)O)NC(=O)C(Cc3ccccc3)NC(=O)C([C@@H](C)O)NC2=O)cc1. The molecule has 0 aliphatic carbocycles. The summed E-state index contributed by atoms with van der Waals surface area (Å²) in [6.45, 7) is 7.00. The Hall–Kier alpha value is -10.3. The number of benzene rings is 5. The number of aliphatic hydroxyl groups excluding tert-OH is 3. The summed E-state index contributed by atoms with van der Waals surface area (Å²) in [5.41, 5.74) is 16.5. The van der Waals surface area contributed by atoms with E-state index in [0.29, 0.717) is 58.1 Å². The predicted molar refractivity (Wildman–Crippen MR) is 411 cm³/mol. The van der Waals surface area contributed by atoms with Crippen LogP contribution in [0.25, 0.3) is 10.9 Å². The van der Waals surface area contributed by atoms with Crippen LogP contribution in [0, 0.1) is 0 Å². The minimum absolute atomic E-state index is 0.0300. The third-order valence-electron chi connectivity index (χ3n) is 17.3. The number of carboxylic acid groups (broad SMARTS) is 2. The van der Waals surface area contributed by atoms with Crippen molar-refractivity contribution in [3.8, 4) is 0 Å². The molecule has 6 aromatic rings. The Kier molecular flexibility index (Phi) is 36.1. The van der Waals surface area contributed by atoms with E-state index in [2.05, 4.69) is 63.5 Å². The lowest BCUT2D eigenvalue weighted by molar-refractivity contribution is -0.142. The zero-order valence-corrected chi connectivity index (χ0v) is 62.9. The Balaban J connectivity index is 0.00000452. The summed E-state index contributed by atoms with van der Waals surface area (Å²) in [4.78, 5) is 172. The van der Waals surface area contributed by atoms with Gasteiger partial charge in [-0.25, -0.2) is 4.79 Å². The third-order valence-corrected chi connectivity index (χ3v) is 19.8. The molecule has 588 valence electrons. The molecule has 0 spiro atoms. The first-order valence-electron chi connectivity index (χ1n) is 35.6. The lowest BCUT2D eigenvalue weighted by Crippen LogP contribution is -2.63. The van der Waals surface area contributed by atoms with E-state index in [4.69, 9.17) is 21.4 Å². The molecule has 13 atom stereocenters. The Labute approximate surface area is 639 Å². The highest BCUT2D eigenvalue weighted by Gasteiger charge is 2.39. The second-order valence-electron chi connectivity index (χ2n) is 26.6. The van der Waals surface area contributed by atoms with Crippen LogP contribution in [-0.4, -0.2) is 211 Å². The largest absolute Gasteiger partial charge is 0.481 e. The summed E-state index contributed by atoms with van der Waals surface area (Å²) >= 11 is 0. The maximum Gasteiger partial charge on any atom is 0.327 e. The zero-order valence-electron chi connectivity index (χ0n) is 61.2. The van der Waals surface area contributed by atoms with Crippen LogP contribution < -0.4 is 70.0 Å². The number of carbonyl (C=O) groups excluding carboxylic acids is 10. The topological polar surface area (TPSA) is 506 Å². The Bertz CT molecular complexity index is 3990. The fraction of sp³-hybridized carbons (Fsp3) is 0.421. The summed E-state index contributed by atoms with van der Waals surface area (Å²) in [6, 6.07) is 22.4. The van der Waals surface area contributed by atoms with Crippen LogP contribution in [0.2, 0.25) is 0 Å². The van der Waals surface area contributed by atoms with Gasteiger partial charge in [0.15, 0.2) is 0 Å². The van der Waals surface area contributed by atoms with Crippen molar-refractivity contribution in [2.75, 3.05) is 24.7 Å². The van der Waals surface area contributed by atoms with Crippen LogP contribution in [0.5, 0.6) is 0 Å². The number of para-hydroxylation sites is 1. The smallest absolute Gasteiger partial charge is 0.327 e. The number of unbranched alkanes of at least 4 members (excludes halogenated alkanes) is 1. The molecule has 1 aliphatic heterocycles. The molecule has 1 saturated heterocycles. The van der Waals surface area contributed by atoms with Crippen molar-refractivity contribution < 1.29 is 83.1 Å². The van der Waals surface area contributed by atoms with Crippen molar-refractivity contribution >= 4 is 104 Å². The molecule has 0 saturated carbocycles. The molecule has 6 unspecified atom stereocenters. The Morgan fingerprint density at radius 2 is 0.826 bits per heavy atom. The van der Waals surface area contributed by atoms with Crippen LogP contribution in [0.4, 0.5) is 0 Å². The first-order chi connectivity index (χ1) is 52.0. The van der Waals surface area contributed by atoms with E-state index in [-0.39, 0.29) is 62.6 Å². The van der Waals surface area contributed by atoms with Crippen LogP contribution in [0.3, 0.4) is 0 Å². The van der Waals surface area contributed by atoms with Crippen molar-refractivity contribution in [3.05, 3.63) is 179 Å². The number of hydrogen-bond donors (Lipinski definition) is 19. The Morgan fingerprint density at radius 1 is 0.459 bits per heavy atom. The number of fused-ring (bicyclic) bond motifs is 1. The average molecular weight is 1550 g/mol. The van der Waals surface area contributed by atoms with Crippen LogP contribution in [0.15, 0.2) is 146 Å². The lowest BCUT2D eigenvalue weighted by Gasteiger charge is -2.29. The second kappa shape index (κ2) is 44.9. The zero-order chi connectivity index (χ0) is 79.7. The van der Waals surface area contributed by atoms with Gasteiger partial charge in [0.05, 0.1) is 24.9 Å².